The first-order valence-corrected chi connectivity index (χ1v) is 6.95. The van der Waals surface area contributed by atoms with E-state index in [4.69, 9.17) is 23.2 Å². The molecule has 0 aliphatic carbocycles. The molecule has 0 unspecified atom stereocenters. The van der Waals surface area contributed by atoms with E-state index in [2.05, 4.69) is 19.9 Å². The summed E-state index contributed by atoms with van der Waals surface area (Å²) in [6.45, 7) is 0. The largest absolute Gasteiger partial charge is 0.244 e. The van der Waals surface area contributed by atoms with Gasteiger partial charge in [0.1, 0.15) is 10.1 Å². The fourth-order valence-electron chi connectivity index (χ4n) is 0.807. The fraction of sp³-hybridized carbons (Fsp3) is 0. The van der Waals surface area contributed by atoms with E-state index in [1.165, 1.54) is 34.0 Å². The van der Waals surface area contributed by atoms with E-state index >= 15 is 0 Å². The summed E-state index contributed by atoms with van der Waals surface area (Å²) in [5.74, 6) is 0. The first-order chi connectivity index (χ1) is 7.77. The second kappa shape index (κ2) is 5.67. The summed E-state index contributed by atoms with van der Waals surface area (Å²) in [5, 5.41) is 1.96. The molecule has 16 heavy (non-hydrogen) atoms. The number of rotatable bonds is 3. The number of aromatic nitrogens is 4. The SMILES string of the molecule is Clc1nccnc1SSc1nccnc1Cl. The van der Waals surface area contributed by atoms with Crippen molar-refractivity contribution in [2.75, 3.05) is 0 Å². The molecule has 0 saturated carbocycles. The van der Waals surface area contributed by atoms with Gasteiger partial charge in [0.25, 0.3) is 0 Å². The summed E-state index contributed by atoms with van der Waals surface area (Å²) in [6, 6.07) is 0. The van der Waals surface area contributed by atoms with Crippen molar-refractivity contribution in [1.82, 2.24) is 19.9 Å². The summed E-state index contributed by atoms with van der Waals surface area (Å²) in [6.07, 6.45) is 6.22. The van der Waals surface area contributed by atoms with Crippen LogP contribution in [-0.4, -0.2) is 19.9 Å². The smallest absolute Gasteiger partial charge is 0.162 e. The molecule has 0 aliphatic heterocycles. The van der Waals surface area contributed by atoms with Crippen molar-refractivity contribution >= 4 is 44.8 Å². The Kier molecular flexibility index (Phi) is 4.22. The topological polar surface area (TPSA) is 51.6 Å². The average Bonchev–Trinajstić information content (AvgIpc) is 2.30. The standard InChI is InChI=1S/C8H4Cl2N4S2/c9-5-7(13-3-1-11-5)15-16-8-6(10)12-2-4-14-8/h1-4H. The zero-order valence-corrected chi connectivity index (χ0v) is 10.8. The van der Waals surface area contributed by atoms with Crippen molar-refractivity contribution in [3.8, 4) is 0 Å². The van der Waals surface area contributed by atoms with Crippen LogP contribution in [0.15, 0.2) is 34.8 Å². The molecule has 0 aromatic carbocycles. The Morgan fingerprint density at radius 3 is 1.44 bits per heavy atom. The molecule has 2 rings (SSSR count). The lowest BCUT2D eigenvalue weighted by Gasteiger charge is -2.01. The Labute approximate surface area is 110 Å². The molecule has 0 N–H and O–H groups in total. The van der Waals surface area contributed by atoms with E-state index in [9.17, 15) is 0 Å². The van der Waals surface area contributed by atoms with Crippen LogP contribution >= 0.6 is 44.8 Å². The van der Waals surface area contributed by atoms with Crippen LogP contribution in [0.1, 0.15) is 0 Å². The predicted octanol–water partition coefficient (Wildman–Crippen LogP) is 3.37. The van der Waals surface area contributed by atoms with Crippen LogP contribution in [0.3, 0.4) is 0 Å². The molecule has 2 aromatic heterocycles. The zero-order chi connectivity index (χ0) is 11.4. The summed E-state index contributed by atoms with van der Waals surface area (Å²) in [4.78, 5) is 16.0. The van der Waals surface area contributed by atoms with Gasteiger partial charge >= 0.3 is 0 Å². The van der Waals surface area contributed by atoms with Gasteiger partial charge in [-0.15, -0.1) is 0 Å². The minimum absolute atomic E-state index is 0.361. The Morgan fingerprint density at radius 2 is 1.06 bits per heavy atom. The van der Waals surface area contributed by atoms with Crippen LogP contribution in [-0.2, 0) is 0 Å². The zero-order valence-electron chi connectivity index (χ0n) is 7.67. The normalized spacial score (nSPS) is 10.4. The lowest BCUT2D eigenvalue weighted by molar-refractivity contribution is 1.06. The highest BCUT2D eigenvalue weighted by atomic mass is 35.5. The van der Waals surface area contributed by atoms with Gasteiger partial charge in [0, 0.05) is 24.8 Å². The Hall–Kier alpha value is -0.560. The van der Waals surface area contributed by atoms with Gasteiger partial charge in [-0.2, -0.15) is 0 Å². The maximum absolute atomic E-state index is 5.85. The quantitative estimate of drug-likeness (QED) is 0.808. The predicted molar refractivity (Wildman–Crippen MR) is 65.8 cm³/mol. The van der Waals surface area contributed by atoms with E-state index in [0.29, 0.717) is 20.4 Å². The first-order valence-electron chi connectivity index (χ1n) is 4.05. The third kappa shape index (κ3) is 2.98. The van der Waals surface area contributed by atoms with Crippen molar-refractivity contribution < 1.29 is 0 Å². The molecule has 0 amide bonds. The monoisotopic (exact) mass is 290 g/mol. The second-order valence-electron chi connectivity index (χ2n) is 2.47. The van der Waals surface area contributed by atoms with Crippen LogP contribution in [0.4, 0.5) is 0 Å². The number of halogens is 2. The van der Waals surface area contributed by atoms with Crippen LogP contribution in [0.5, 0.6) is 0 Å². The molecule has 0 radical (unpaired) electrons. The molecule has 0 aliphatic rings. The molecule has 0 spiro atoms. The van der Waals surface area contributed by atoms with E-state index in [0.717, 1.165) is 0 Å². The maximum Gasteiger partial charge on any atom is 0.162 e. The van der Waals surface area contributed by atoms with Gasteiger partial charge in [-0.1, -0.05) is 23.2 Å². The molecular formula is C8H4Cl2N4S2. The lowest BCUT2D eigenvalue weighted by Crippen LogP contribution is -1.84. The third-order valence-corrected chi connectivity index (χ3v) is 4.42. The maximum atomic E-state index is 5.85. The van der Waals surface area contributed by atoms with Crippen LogP contribution in [0.25, 0.3) is 0 Å². The molecule has 4 nitrogen and oxygen atoms in total. The first kappa shape index (κ1) is 11.9. The van der Waals surface area contributed by atoms with E-state index in [1.54, 1.807) is 12.4 Å². The van der Waals surface area contributed by atoms with Gasteiger partial charge in [0.2, 0.25) is 0 Å². The molecule has 0 fully saturated rings. The van der Waals surface area contributed by atoms with Crippen LogP contribution in [0, 0.1) is 0 Å². The van der Waals surface area contributed by atoms with Crippen LogP contribution < -0.4 is 0 Å². The van der Waals surface area contributed by atoms with Crippen molar-refractivity contribution in [3.63, 3.8) is 0 Å². The molecule has 0 atom stereocenters. The highest BCUT2D eigenvalue weighted by molar-refractivity contribution is 8.76. The third-order valence-electron chi connectivity index (χ3n) is 1.45. The lowest BCUT2D eigenvalue weighted by atomic mass is 10.8. The minimum atomic E-state index is 0.361. The molecule has 8 heteroatoms. The van der Waals surface area contributed by atoms with Gasteiger partial charge in [0.05, 0.1) is 0 Å². The molecule has 0 saturated heterocycles. The summed E-state index contributed by atoms with van der Waals surface area (Å²) < 4.78 is 0. The van der Waals surface area contributed by atoms with Gasteiger partial charge in [0.15, 0.2) is 10.3 Å². The number of nitrogens with zero attached hydrogens (tertiary/aromatic N) is 4. The summed E-state index contributed by atoms with van der Waals surface area (Å²) in [5.41, 5.74) is 0. The number of hydrogen-bond donors (Lipinski definition) is 0. The minimum Gasteiger partial charge on any atom is -0.244 e. The average molecular weight is 291 g/mol. The summed E-state index contributed by atoms with van der Waals surface area (Å²) >= 11 is 11.7. The molecule has 2 aromatic rings. The van der Waals surface area contributed by atoms with E-state index < -0.39 is 0 Å². The second-order valence-corrected chi connectivity index (χ2v) is 5.29. The molecule has 2 heterocycles. The molecule has 0 bridgehead atoms. The number of hydrogen-bond acceptors (Lipinski definition) is 6. The molecular weight excluding hydrogens is 287 g/mol. The molecule has 82 valence electrons. The van der Waals surface area contributed by atoms with Crippen molar-refractivity contribution in [2.45, 2.75) is 10.1 Å². The Morgan fingerprint density at radius 1 is 0.688 bits per heavy atom. The van der Waals surface area contributed by atoms with E-state index in [1.807, 2.05) is 0 Å². The highest BCUT2D eigenvalue weighted by Crippen LogP contribution is 2.39. The Bertz CT molecular complexity index is 451. The van der Waals surface area contributed by atoms with Gasteiger partial charge in [-0.25, -0.2) is 19.9 Å². The Balaban J connectivity index is 2.09. The van der Waals surface area contributed by atoms with Crippen molar-refractivity contribution in [1.29, 1.82) is 0 Å². The summed E-state index contributed by atoms with van der Waals surface area (Å²) in [7, 11) is 2.68. The fourth-order valence-corrected chi connectivity index (χ4v) is 3.34. The van der Waals surface area contributed by atoms with E-state index in [-0.39, 0.29) is 0 Å². The van der Waals surface area contributed by atoms with Crippen LogP contribution in [0.2, 0.25) is 10.3 Å². The van der Waals surface area contributed by atoms with Gasteiger partial charge < -0.3 is 0 Å². The van der Waals surface area contributed by atoms with Crippen molar-refractivity contribution in [3.05, 3.63) is 35.1 Å². The van der Waals surface area contributed by atoms with Gasteiger partial charge in [-0.05, 0) is 21.6 Å². The highest BCUT2D eigenvalue weighted by Gasteiger charge is 2.08. The van der Waals surface area contributed by atoms with Crippen molar-refractivity contribution in [2.24, 2.45) is 0 Å². The van der Waals surface area contributed by atoms with Gasteiger partial charge in [-0.3, -0.25) is 0 Å².